The molecule has 3 rings (SSSR count). The second-order valence-electron chi connectivity index (χ2n) is 6.96. The van der Waals surface area contributed by atoms with Gasteiger partial charge in [0.1, 0.15) is 17.6 Å². The molecule has 2 aromatic carbocycles. The van der Waals surface area contributed by atoms with Gasteiger partial charge in [0.2, 0.25) is 0 Å². The Kier molecular flexibility index (Phi) is 6.71. The molecule has 1 N–H and O–H groups in total. The highest BCUT2D eigenvalue weighted by Crippen LogP contribution is 2.21. The molecule has 144 valence electrons. The lowest BCUT2D eigenvalue weighted by atomic mass is 10.1. The lowest BCUT2D eigenvalue weighted by molar-refractivity contribution is -0.122. The molecule has 5 heteroatoms. The summed E-state index contributed by atoms with van der Waals surface area (Å²) in [5.74, 6) is 1.39. The van der Waals surface area contributed by atoms with Crippen LogP contribution in [0.1, 0.15) is 26.2 Å². The second kappa shape index (κ2) is 9.42. The van der Waals surface area contributed by atoms with Crippen LogP contribution in [0.15, 0.2) is 54.6 Å². The molecule has 0 spiro atoms. The van der Waals surface area contributed by atoms with E-state index in [-0.39, 0.29) is 12.0 Å². The van der Waals surface area contributed by atoms with E-state index >= 15 is 0 Å². The van der Waals surface area contributed by atoms with Crippen LogP contribution in [0.4, 0.5) is 5.69 Å². The third kappa shape index (κ3) is 5.73. The van der Waals surface area contributed by atoms with E-state index in [1.54, 1.807) is 0 Å². The number of ether oxygens (including phenoxy) is 2. The van der Waals surface area contributed by atoms with Gasteiger partial charge in [0.05, 0.1) is 0 Å². The van der Waals surface area contributed by atoms with Crippen LogP contribution in [0.5, 0.6) is 11.5 Å². The van der Waals surface area contributed by atoms with E-state index in [1.807, 2.05) is 61.5 Å². The van der Waals surface area contributed by atoms with Crippen molar-refractivity contribution in [3.8, 4) is 11.5 Å². The predicted molar refractivity (Wildman–Crippen MR) is 107 cm³/mol. The first kappa shape index (κ1) is 19.2. The number of carbonyl (C=O) groups excluding carboxylic acids is 1. The van der Waals surface area contributed by atoms with Gasteiger partial charge in [0.25, 0.3) is 5.91 Å². The highest BCUT2D eigenvalue weighted by molar-refractivity contribution is 5.94. The van der Waals surface area contributed by atoms with E-state index in [2.05, 4.69) is 17.3 Å². The fraction of sp³-hybridized carbons (Fsp3) is 0.409. The van der Waals surface area contributed by atoms with Crippen LogP contribution in [0.3, 0.4) is 0 Å². The van der Waals surface area contributed by atoms with Gasteiger partial charge in [-0.3, -0.25) is 4.79 Å². The smallest absolute Gasteiger partial charge is 0.265 e. The summed E-state index contributed by atoms with van der Waals surface area (Å²) in [5.41, 5.74) is 0.742. The number of piperidine rings is 1. The first-order chi connectivity index (χ1) is 13.1. The average Bonchev–Trinajstić information content (AvgIpc) is 2.70. The molecule has 1 fully saturated rings. The molecule has 1 saturated heterocycles. The van der Waals surface area contributed by atoms with E-state index in [4.69, 9.17) is 9.47 Å². The van der Waals surface area contributed by atoms with E-state index in [9.17, 15) is 4.79 Å². The molecule has 5 nitrogen and oxygen atoms in total. The molecule has 0 unspecified atom stereocenters. The lowest BCUT2D eigenvalue weighted by Crippen LogP contribution is -2.35. The van der Waals surface area contributed by atoms with Crippen LogP contribution in [-0.2, 0) is 4.79 Å². The summed E-state index contributed by atoms with van der Waals surface area (Å²) in [7, 11) is 2.14. The minimum absolute atomic E-state index is 0.148. The van der Waals surface area contributed by atoms with Crippen molar-refractivity contribution in [3.05, 3.63) is 54.6 Å². The largest absolute Gasteiger partial charge is 0.490 e. The summed E-state index contributed by atoms with van der Waals surface area (Å²) in [4.78, 5) is 14.8. The van der Waals surface area contributed by atoms with Crippen LogP contribution in [0.25, 0.3) is 0 Å². The van der Waals surface area contributed by atoms with Gasteiger partial charge in [0.15, 0.2) is 6.10 Å². The molecule has 0 aromatic heterocycles. The highest BCUT2D eigenvalue weighted by Gasteiger charge is 2.19. The van der Waals surface area contributed by atoms with E-state index in [0.29, 0.717) is 12.2 Å². The minimum atomic E-state index is -0.525. The Hall–Kier alpha value is -2.53. The predicted octanol–water partition coefficient (Wildman–Crippen LogP) is 3.96. The molecule has 0 aliphatic carbocycles. The number of amides is 1. The maximum atomic E-state index is 12.5. The molecular formula is C22H28N2O3. The molecule has 1 atom stereocenters. The quantitative estimate of drug-likeness (QED) is 0.804. The number of benzene rings is 2. The molecule has 1 aliphatic rings. The van der Waals surface area contributed by atoms with Gasteiger partial charge in [-0.2, -0.15) is 0 Å². The van der Waals surface area contributed by atoms with Crippen LogP contribution in [0, 0.1) is 0 Å². The summed E-state index contributed by atoms with van der Waals surface area (Å²) in [6, 6.07) is 17.0. The first-order valence-corrected chi connectivity index (χ1v) is 9.62. The Bertz CT molecular complexity index is 710. The summed E-state index contributed by atoms with van der Waals surface area (Å²) >= 11 is 0. The third-order valence-corrected chi connectivity index (χ3v) is 4.77. The molecule has 27 heavy (non-hydrogen) atoms. The highest BCUT2D eigenvalue weighted by atomic mass is 16.5. The van der Waals surface area contributed by atoms with Crippen molar-refractivity contribution >= 4 is 11.6 Å². The SMILES string of the molecule is CC[C@@H](Oc1ccccc1)C(=O)Nc1ccc(OC2CCN(C)CC2)cc1. The number of hydrogen-bond acceptors (Lipinski definition) is 4. The molecule has 1 heterocycles. The lowest BCUT2D eigenvalue weighted by Gasteiger charge is -2.29. The number of rotatable bonds is 7. The Balaban J connectivity index is 1.53. The molecular weight excluding hydrogens is 340 g/mol. The van der Waals surface area contributed by atoms with Crippen molar-refractivity contribution in [2.24, 2.45) is 0 Å². The van der Waals surface area contributed by atoms with E-state index in [1.165, 1.54) is 0 Å². The van der Waals surface area contributed by atoms with Crippen LogP contribution >= 0.6 is 0 Å². The van der Waals surface area contributed by atoms with Gasteiger partial charge >= 0.3 is 0 Å². The number of para-hydroxylation sites is 1. The van der Waals surface area contributed by atoms with Crippen LogP contribution < -0.4 is 14.8 Å². The fourth-order valence-electron chi connectivity index (χ4n) is 3.12. The number of hydrogen-bond donors (Lipinski definition) is 1. The van der Waals surface area contributed by atoms with Gasteiger partial charge in [-0.1, -0.05) is 25.1 Å². The summed E-state index contributed by atoms with van der Waals surface area (Å²) < 4.78 is 11.8. The zero-order chi connectivity index (χ0) is 19.1. The number of nitrogens with zero attached hydrogens (tertiary/aromatic N) is 1. The van der Waals surface area contributed by atoms with E-state index < -0.39 is 6.10 Å². The van der Waals surface area contributed by atoms with Crippen molar-refractivity contribution < 1.29 is 14.3 Å². The van der Waals surface area contributed by atoms with Gasteiger partial charge in [-0.05, 0) is 62.7 Å². The van der Waals surface area contributed by atoms with Crippen molar-refractivity contribution in [2.75, 3.05) is 25.5 Å². The minimum Gasteiger partial charge on any atom is -0.490 e. The summed E-state index contributed by atoms with van der Waals surface area (Å²) in [6.07, 6.45) is 2.43. The molecule has 0 bridgehead atoms. The number of likely N-dealkylation sites (tertiary alicyclic amines) is 1. The monoisotopic (exact) mass is 368 g/mol. The first-order valence-electron chi connectivity index (χ1n) is 9.62. The standard InChI is InChI=1S/C22H28N2O3/c1-3-21(27-18-7-5-4-6-8-18)22(25)23-17-9-11-19(12-10-17)26-20-13-15-24(2)16-14-20/h4-12,20-21H,3,13-16H2,1-2H3,(H,23,25)/t21-/m1/s1. The molecule has 2 aromatic rings. The van der Waals surface area contributed by atoms with Gasteiger partial charge in [-0.25, -0.2) is 0 Å². The number of carbonyl (C=O) groups is 1. The van der Waals surface area contributed by atoms with Crippen LogP contribution in [0.2, 0.25) is 0 Å². The number of nitrogens with one attached hydrogen (secondary N) is 1. The maximum Gasteiger partial charge on any atom is 0.265 e. The summed E-state index contributed by atoms with van der Waals surface area (Å²) in [6.45, 7) is 4.07. The Morgan fingerprint density at radius 2 is 1.74 bits per heavy atom. The third-order valence-electron chi connectivity index (χ3n) is 4.77. The van der Waals surface area contributed by atoms with Gasteiger partial charge < -0.3 is 19.7 Å². The molecule has 0 radical (unpaired) electrons. The van der Waals surface area contributed by atoms with Crippen LogP contribution in [-0.4, -0.2) is 43.2 Å². The molecule has 1 aliphatic heterocycles. The van der Waals surface area contributed by atoms with Crippen molar-refractivity contribution in [3.63, 3.8) is 0 Å². The molecule has 0 saturated carbocycles. The zero-order valence-electron chi connectivity index (χ0n) is 16.1. The van der Waals surface area contributed by atoms with Gasteiger partial charge in [-0.15, -0.1) is 0 Å². The van der Waals surface area contributed by atoms with Gasteiger partial charge in [0, 0.05) is 18.8 Å². The van der Waals surface area contributed by atoms with Crippen molar-refractivity contribution in [1.29, 1.82) is 0 Å². The fourth-order valence-corrected chi connectivity index (χ4v) is 3.12. The zero-order valence-corrected chi connectivity index (χ0v) is 16.1. The Morgan fingerprint density at radius 3 is 2.37 bits per heavy atom. The average molecular weight is 368 g/mol. The normalized spacial score (nSPS) is 16.5. The summed E-state index contributed by atoms with van der Waals surface area (Å²) in [5, 5.41) is 2.92. The van der Waals surface area contributed by atoms with Crippen molar-refractivity contribution in [1.82, 2.24) is 4.90 Å². The van der Waals surface area contributed by atoms with E-state index in [0.717, 1.165) is 37.4 Å². The second-order valence-corrected chi connectivity index (χ2v) is 6.96. The topological polar surface area (TPSA) is 50.8 Å². The number of anilines is 1. The molecule has 1 amide bonds. The Morgan fingerprint density at radius 1 is 1.07 bits per heavy atom. The Labute approximate surface area is 161 Å². The van der Waals surface area contributed by atoms with Crippen molar-refractivity contribution in [2.45, 2.75) is 38.4 Å². The maximum absolute atomic E-state index is 12.5.